The smallest absolute Gasteiger partial charge is 0.223 e. The fourth-order valence-corrected chi connectivity index (χ4v) is 2.34. The molecule has 0 radical (unpaired) electrons. The van der Waals surface area contributed by atoms with Crippen LogP contribution in [0.3, 0.4) is 0 Å². The van der Waals surface area contributed by atoms with E-state index in [1.165, 1.54) is 0 Å². The predicted octanol–water partition coefficient (Wildman–Crippen LogP) is 3.85. The Labute approximate surface area is 131 Å². The topological polar surface area (TPSA) is 41.6 Å². The summed E-state index contributed by atoms with van der Waals surface area (Å²) in [5.41, 5.74) is 2.92. The lowest BCUT2D eigenvalue weighted by atomic mass is 10.1. The highest BCUT2D eigenvalue weighted by molar-refractivity contribution is 5.91. The second-order valence-electron chi connectivity index (χ2n) is 5.24. The maximum Gasteiger partial charge on any atom is 0.223 e. The van der Waals surface area contributed by atoms with Crippen LogP contribution in [0.25, 0.3) is 0 Å². The van der Waals surface area contributed by atoms with Crippen LogP contribution in [-0.2, 0) is 4.79 Å². The summed E-state index contributed by atoms with van der Waals surface area (Å²) in [5.74, 6) is 0.870. The number of carbonyl (C=O) groups excluding carboxylic acids is 1. The van der Waals surface area contributed by atoms with E-state index in [1.54, 1.807) is 26.0 Å². The van der Waals surface area contributed by atoms with Crippen molar-refractivity contribution in [3.8, 4) is 5.75 Å². The number of ether oxygens (including phenoxy) is 1. The van der Waals surface area contributed by atoms with Gasteiger partial charge in [-0.05, 0) is 31.2 Å². The van der Waals surface area contributed by atoms with E-state index in [4.69, 9.17) is 4.74 Å². The zero-order chi connectivity index (χ0) is 16.1. The molecule has 2 rings (SSSR count). The maximum atomic E-state index is 11.5. The molecule has 1 N–H and O–H groups in total. The maximum absolute atomic E-state index is 11.5. The molecule has 0 aliphatic carbocycles. The van der Waals surface area contributed by atoms with Crippen molar-refractivity contribution in [1.82, 2.24) is 0 Å². The first-order valence-electron chi connectivity index (χ1n) is 7.26. The molecule has 0 spiro atoms. The first kappa shape index (κ1) is 15.9. The first-order valence-corrected chi connectivity index (χ1v) is 7.26. The van der Waals surface area contributed by atoms with Gasteiger partial charge in [-0.25, -0.2) is 0 Å². The van der Waals surface area contributed by atoms with Crippen molar-refractivity contribution in [2.75, 3.05) is 24.4 Å². The Hall–Kier alpha value is -2.49. The van der Waals surface area contributed by atoms with Gasteiger partial charge in [0.05, 0.1) is 13.2 Å². The molecule has 0 aliphatic heterocycles. The molecule has 22 heavy (non-hydrogen) atoms. The van der Waals surface area contributed by atoms with Crippen molar-refractivity contribution in [1.29, 1.82) is 0 Å². The van der Waals surface area contributed by atoms with E-state index in [-0.39, 0.29) is 11.9 Å². The third kappa shape index (κ3) is 3.58. The number of rotatable bonds is 5. The van der Waals surface area contributed by atoms with Crippen molar-refractivity contribution < 1.29 is 9.53 Å². The highest BCUT2D eigenvalue weighted by atomic mass is 16.5. The van der Waals surface area contributed by atoms with Gasteiger partial charge in [-0.15, -0.1) is 0 Å². The Morgan fingerprint density at radius 3 is 2.59 bits per heavy atom. The largest absolute Gasteiger partial charge is 0.496 e. The summed E-state index contributed by atoms with van der Waals surface area (Å²) in [5, 5.41) is 3.45. The zero-order valence-corrected chi connectivity index (χ0v) is 13.5. The number of para-hydroxylation sites is 1. The predicted molar refractivity (Wildman–Crippen MR) is 90.6 cm³/mol. The summed E-state index contributed by atoms with van der Waals surface area (Å²) in [7, 11) is 3.44. The molecule has 0 fully saturated rings. The lowest BCUT2D eigenvalue weighted by Gasteiger charge is -2.20. The number of hydrogen-bond donors (Lipinski definition) is 1. The second kappa shape index (κ2) is 6.98. The average Bonchev–Trinajstić information content (AvgIpc) is 2.54. The van der Waals surface area contributed by atoms with Crippen molar-refractivity contribution >= 4 is 17.3 Å². The highest BCUT2D eigenvalue weighted by Gasteiger charge is 2.12. The molecule has 2 aromatic carbocycles. The summed E-state index contributed by atoms with van der Waals surface area (Å²) >= 11 is 0. The summed E-state index contributed by atoms with van der Waals surface area (Å²) in [6.07, 6.45) is 0. The average molecular weight is 298 g/mol. The van der Waals surface area contributed by atoms with Gasteiger partial charge >= 0.3 is 0 Å². The quantitative estimate of drug-likeness (QED) is 0.911. The van der Waals surface area contributed by atoms with Gasteiger partial charge in [-0.1, -0.05) is 24.3 Å². The minimum Gasteiger partial charge on any atom is -0.496 e. The van der Waals surface area contributed by atoms with E-state index in [0.717, 1.165) is 22.7 Å². The fourth-order valence-electron chi connectivity index (χ4n) is 2.34. The molecule has 1 amide bonds. The van der Waals surface area contributed by atoms with Crippen LogP contribution in [0.5, 0.6) is 5.75 Å². The lowest BCUT2D eigenvalue weighted by Crippen LogP contribution is -2.22. The summed E-state index contributed by atoms with van der Waals surface area (Å²) in [6.45, 7) is 3.64. The number of anilines is 2. The molecular weight excluding hydrogens is 276 g/mol. The number of carbonyl (C=O) groups is 1. The van der Waals surface area contributed by atoms with Crippen molar-refractivity contribution in [2.24, 2.45) is 0 Å². The van der Waals surface area contributed by atoms with E-state index in [0.29, 0.717) is 0 Å². The lowest BCUT2D eigenvalue weighted by molar-refractivity contribution is -0.116. The molecule has 0 saturated heterocycles. The molecule has 0 saturated carbocycles. The van der Waals surface area contributed by atoms with Crippen molar-refractivity contribution in [3.63, 3.8) is 0 Å². The standard InChI is InChI=1S/C18H22N2O2/c1-13(17-10-5-6-11-18(17)22-4)19-15-8-7-9-16(12-15)20(3)14(2)21/h5-13,19H,1-4H3. The summed E-state index contributed by atoms with van der Waals surface area (Å²) in [6, 6.07) is 15.8. The summed E-state index contributed by atoms with van der Waals surface area (Å²) in [4.78, 5) is 13.1. The molecule has 1 unspecified atom stereocenters. The molecule has 116 valence electrons. The van der Waals surface area contributed by atoms with Gasteiger partial charge < -0.3 is 15.0 Å². The molecule has 0 aromatic heterocycles. The van der Waals surface area contributed by atoms with Gasteiger partial charge in [0, 0.05) is 30.9 Å². The van der Waals surface area contributed by atoms with E-state index < -0.39 is 0 Å². The number of methoxy groups -OCH3 is 1. The fraction of sp³-hybridized carbons (Fsp3) is 0.278. The van der Waals surface area contributed by atoms with Gasteiger partial charge in [0.25, 0.3) is 0 Å². The van der Waals surface area contributed by atoms with E-state index in [9.17, 15) is 4.79 Å². The van der Waals surface area contributed by atoms with Gasteiger partial charge in [0.2, 0.25) is 5.91 Å². The minimum atomic E-state index is 0.00919. The normalized spacial score (nSPS) is 11.6. The summed E-state index contributed by atoms with van der Waals surface area (Å²) < 4.78 is 5.40. The van der Waals surface area contributed by atoms with Crippen molar-refractivity contribution in [2.45, 2.75) is 19.9 Å². The third-order valence-electron chi connectivity index (χ3n) is 3.69. The number of hydrogen-bond acceptors (Lipinski definition) is 3. The SMILES string of the molecule is COc1ccccc1C(C)Nc1cccc(N(C)C(C)=O)c1. The number of nitrogens with zero attached hydrogens (tertiary/aromatic N) is 1. The Balaban J connectivity index is 2.20. The van der Waals surface area contributed by atoms with E-state index in [1.807, 2.05) is 48.5 Å². The second-order valence-corrected chi connectivity index (χ2v) is 5.24. The van der Waals surface area contributed by atoms with Crippen LogP contribution in [0.4, 0.5) is 11.4 Å². The van der Waals surface area contributed by atoms with Crippen LogP contribution in [-0.4, -0.2) is 20.1 Å². The van der Waals surface area contributed by atoms with Crippen LogP contribution in [0.15, 0.2) is 48.5 Å². The Bertz CT molecular complexity index is 655. The minimum absolute atomic E-state index is 0.00919. The van der Waals surface area contributed by atoms with Gasteiger partial charge in [0.15, 0.2) is 0 Å². The zero-order valence-electron chi connectivity index (χ0n) is 13.5. The molecule has 4 heteroatoms. The molecule has 4 nitrogen and oxygen atoms in total. The van der Waals surface area contributed by atoms with E-state index >= 15 is 0 Å². The molecule has 2 aromatic rings. The monoisotopic (exact) mass is 298 g/mol. The number of benzene rings is 2. The third-order valence-corrected chi connectivity index (χ3v) is 3.69. The molecule has 0 aliphatic rings. The molecule has 0 bridgehead atoms. The van der Waals surface area contributed by atoms with Crippen LogP contribution in [0, 0.1) is 0 Å². The first-order chi connectivity index (χ1) is 10.5. The van der Waals surface area contributed by atoms with Crippen LogP contribution >= 0.6 is 0 Å². The van der Waals surface area contributed by atoms with Gasteiger partial charge in [0.1, 0.15) is 5.75 Å². The number of amides is 1. The molecular formula is C18H22N2O2. The van der Waals surface area contributed by atoms with Crippen LogP contribution in [0.2, 0.25) is 0 Å². The molecule has 0 heterocycles. The van der Waals surface area contributed by atoms with E-state index in [2.05, 4.69) is 12.2 Å². The van der Waals surface area contributed by atoms with Crippen LogP contribution < -0.4 is 15.0 Å². The molecule has 1 atom stereocenters. The van der Waals surface area contributed by atoms with Crippen LogP contribution in [0.1, 0.15) is 25.5 Å². The Kier molecular flexibility index (Phi) is 5.04. The highest BCUT2D eigenvalue weighted by Crippen LogP contribution is 2.28. The Morgan fingerprint density at radius 2 is 1.91 bits per heavy atom. The van der Waals surface area contributed by atoms with Gasteiger partial charge in [-0.3, -0.25) is 4.79 Å². The Morgan fingerprint density at radius 1 is 1.18 bits per heavy atom. The van der Waals surface area contributed by atoms with Crippen molar-refractivity contribution in [3.05, 3.63) is 54.1 Å². The number of nitrogens with one attached hydrogen (secondary N) is 1. The van der Waals surface area contributed by atoms with Gasteiger partial charge in [-0.2, -0.15) is 0 Å².